The topological polar surface area (TPSA) is 41.9 Å². The molecule has 1 aliphatic rings. The normalized spacial score (nSPS) is 16.0. The highest BCUT2D eigenvalue weighted by molar-refractivity contribution is 9.10. The first-order valence-corrected chi connectivity index (χ1v) is 13.0. The Morgan fingerprint density at radius 2 is 1.79 bits per heavy atom. The predicted molar refractivity (Wildman–Crippen MR) is 146 cm³/mol. The predicted octanol–water partition coefficient (Wildman–Crippen LogP) is 8.35. The number of aliphatic imine (C=N–C) groups is 1. The van der Waals surface area contributed by atoms with Crippen molar-refractivity contribution in [3.63, 3.8) is 0 Å². The molecule has 1 amide bonds. The minimum Gasteiger partial charge on any atom is -0.487 e. The van der Waals surface area contributed by atoms with Crippen LogP contribution in [0.15, 0.2) is 81.1 Å². The number of rotatable bonds is 7. The zero-order chi connectivity index (χ0) is 24.1. The summed E-state index contributed by atoms with van der Waals surface area (Å²) in [5.41, 5.74) is 2.61. The lowest BCUT2D eigenvalue weighted by Gasteiger charge is -2.13. The van der Waals surface area contributed by atoms with Gasteiger partial charge in [0.15, 0.2) is 5.17 Å². The molecule has 4 nitrogen and oxygen atoms in total. The SMILES string of the molecule is CCCN1C(=O)/C(=C/c2ccc(OCc3ccc(Br)cc3)c(Cl)c2)SC1=Nc1ccc(Cl)cc1. The monoisotopic (exact) mass is 574 g/mol. The van der Waals surface area contributed by atoms with Crippen LogP contribution in [0.1, 0.15) is 24.5 Å². The van der Waals surface area contributed by atoms with Crippen molar-refractivity contribution in [1.82, 2.24) is 4.90 Å². The van der Waals surface area contributed by atoms with Crippen molar-refractivity contribution in [3.05, 3.63) is 97.3 Å². The van der Waals surface area contributed by atoms with Gasteiger partial charge in [-0.2, -0.15) is 0 Å². The lowest BCUT2D eigenvalue weighted by atomic mass is 10.2. The maximum Gasteiger partial charge on any atom is 0.266 e. The van der Waals surface area contributed by atoms with E-state index in [9.17, 15) is 4.79 Å². The smallest absolute Gasteiger partial charge is 0.266 e. The highest BCUT2D eigenvalue weighted by Gasteiger charge is 2.32. The molecule has 4 rings (SSSR count). The third-order valence-corrected chi connectivity index (χ3v) is 7.03. The van der Waals surface area contributed by atoms with Gasteiger partial charge in [0.1, 0.15) is 12.4 Å². The molecule has 3 aromatic rings. The Bertz CT molecular complexity index is 1240. The van der Waals surface area contributed by atoms with Crippen LogP contribution < -0.4 is 4.74 Å². The second-order valence-electron chi connectivity index (χ2n) is 7.54. The largest absolute Gasteiger partial charge is 0.487 e. The van der Waals surface area contributed by atoms with Crippen molar-refractivity contribution in [2.24, 2.45) is 4.99 Å². The lowest BCUT2D eigenvalue weighted by molar-refractivity contribution is -0.122. The minimum atomic E-state index is -0.0637. The average Bonchev–Trinajstić information content (AvgIpc) is 3.10. The number of hydrogen-bond acceptors (Lipinski definition) is 4. The summed E-state index contributed by atoms with van der Waals surface area (Å²) in [5.74, 6) is 0.529. The molecular weight excluding hydrogens is 555 g/mol. The Balaban J connectivity index is 1.51. The number of thioether (sulfide) groups is 1. The summed E-state index contributed by atoms with van der Waals surface area (Å²) in [4.78, 5) is 20.0. The van der Waals surface area contributed by atoms with Crippen LogP contribution in [0.2, 0.25) is 10.0 Å². The molecule has 1 fully saturated rings. The zero-order valence-electron chi connectivity index (χ0n) is 18.3. The molecule has 0 saturated carbocycles. The second-order valence-corrected chi connectivity index (χ2v) is 10.3. The molecule has 0 spiro atoms. The van der Waals surface area contributed by atoms with E-state index < -0.39 is 0 Å². The fraction of sp³-hybridized carbons (Fsp3) is 0.154. The summed E-state index contributed by atoms with van der Waals surface area (Å²) in [6.07, 6.45) is 2.67. The molecule has 0 N–H and O–H groups in total. The number of halogens is 3. The van der Waals surface area contributed by atoms with Crippen molar-refractivity contribution in [3.8, 4) is 5.75 Å². The van der Waals surface area contributed by atoms with Gasteiger partial charge in [-0.25, -0.2) is 4.99 Å². The molecule has 0 bridgehead atoms. The molecule has 174 valence electrons. The number of ether oxygens (including phenoxy) is 1. The van der Waals surface area contributed by atoms with Gasteiger partial charge in [0, 0.05) is 16.0 Å². The van der Waals surface area contributed by atoms with Gasteiger partial charge >= 0.3 is 0 Å². The lowest BCUT2D eigenvalue weighted by Crippen LogP contribution is -2.29. The summed E-state index contributed by atoms with van der Waals surface area (Å²) >= 11 is 17.2. The molecule has 0 radical (unpaired) electrons. The standard InChI is InChI=1S/C26H21BrCl2N2O2S/c1-2-13-31-25(32)24(34-26(31)30-21-10-8-20(28)9-11-21)15-18-5-12-23(22(29)14-18)33-16-17-3-6-19(27)7-4-17/h3-12,14-15H,2,13,16H2,1H3/b24-15-,30-26?. The fourth-order valence-corrected chi connectivity index (χ4v) is 4.91. The van der Waals surface area contributed by atoms with Crippen LogP contribution in [0.25, 0.3) is 6.08 Å². The van der Waals surface area contributed by atoms with E-state index in [1.54, 1.807) is 23.1 Å². The van der Waals surface area contributed by atoms with Gasteiger partial charge in [-0.05, 0) is 83.9 Å². The van der Waals surface area contributed by atoms with Crippen molar-refractivity contribution in [1.29, 1.82) is 0 Å². The molecule has 1 saturated heterocycles. The molecule has 0 unspecified atom stereocenters. The van der Waals surface area contributed by atoms with Gasteiger partial charge in [-0.15, -0.1) is 0 Å². The van der Waals surface area contributed by atoms with Crippen molar-refractivity contribution in [2.75, 3.05) is 6.54 Å². The number of amides is 1. The van der Waals surface area contributed by atoms with E-state index in [1.807, 2.05) is 61.5 Å². The van der Waals surface area contributed by atoms with Gasteiger partial charge in [-0.3, -0.25) is 9.69 Å². The maximum absolute atomic E-state index is 13.1. The Morgan fingerprint density at radius 1 is 1.06 bits per heavy atom. The second kappa shape index (κ2) is 11.5. The Morgan fingerprint density at radius 3 is 2.47 bits per heavy atom. The molecule has 1 heterocycles. The summed E-state index contributed by atoms with van der Waals surface area (Å²) in [6.45, 7) is 3.05. The maximum atomic E-state index is 13.1. The van der Waals surface area contributed by atoms with Crippen LogP contribution in [0, 0.1) is 0 Å². The van der Waals surface area contributed by atoms with Crippen LogP contribution in [0.3, 0.4) is 0 Å². The van der Waals surface area contributed by atoms with Crippen LogP contribution in [0.5, 0.6) is 5.75 Å². The van der Waals surface area contributed by atoms with Gasteiger partial charge in [0.2, 0.25) is 0 Å². The summed E-state index contributed by atoms with van der Waals surface area (Å²) in [5, 5.41) is 1.79. The van der Waals surface area contributed by atoms with Crippen LogP contribution in [-0.2, 0) is 11.4 Å². The molecule has 3 aromatic carbocycles. The summed E-state index contributed by atoms with van der Waals surface area (Å²) < 4.78 is 6.89. The Hall–Kier alpha value is -2.25. The molecule has 34 heavy (non-hydrogen) atoms. The van der Waals surface area contributed by atoms with Crippen molar-refractivity contribution < 1.29 is 9.53 Å². The first-order valence-electron chi connectivity index (χ1n) is 10.7. The highest BCUT2D eigenvalue weighted by Crippen LogP contribution is 2.35. The van der Waals surface area contributed by atoms with E-state index in [0.29, 0.717) is 39.0 Å². The average molecular weight is 576 g/mol. The number of carbonyl (C=O) groups excluding carboxylic acids is 1. The fourth-order valence-electron chi connectivity index (χ4n) is 3.26. The summed E-state index contributed by atoms with van der Waals surface area (Å²) in [6, 6.07) is 20.7. The van der Waals surface area contributed by atoms with Crippen LogP contribution >= 0.6 is 50.9 Å². The van der Waals surface area contributed by atoms with Crippen LogP contribution in [0.4, 0.5) is 5.69 Å². The van der Waals surface area contributed by atoms with Crippen LogP contribution in [-0.4, -0.2) is 22.5 Å². The van der Waals surface area contributed by atoms with E-state index in [4.69, 9.17) is 27.9 Å². The molecule has 0 atom stereocenters. The Kier molecular flexibility index (Phi) is 8.37. The zero-order valence-corrected chi connectivity index (χ0v) is 22.2. The van der Waals surface area contributed by atoms with E-state index >= 15 is 0 Å². The van der Waals surface area contributed by atoms with E-state index in [2.05, 4.69) is 20.9 Å². The van der Waals surface area contributed by atoms with E-state index in [1.165, 1.54) is 11.8 Å². The Labute approximate surface area is 221 Å². The van der Waals surface area contributed by atoms with E-state index in [0.717, 1.165) is 27.7 Å². The summed E-state index contributed by atoms with van der Waals surface area (Å²) in [7, 11) is 0. The molecular formula is C26H21BrCl2N2O2S. The van der Waals surface area contributed by atoms with Gasteiger partial charge in [0.05, 0.1) is 15.6 Å². The number of benzene rings is 3. The first kappa shape index (κ1) is 24.9. The minimum absolute atomic E-state index is 0.0637. The van der Waals surface area contributed by atoms with E-state index in [-0.39, 0.29) is 5.91 Å². The third kappa shape index (κ3) is 6.25. The van der Waals surface area contributed by atoms with Crippen molar-refractivity contribution in [2.45, 2.75) is 20.0 Å². The molecule has 1 aliphatic heterocycles. The molecule has 0 aliphatic carbocycles. The molecule has 8 heteroatoms. The van der Waals surface area contributed by atoms with Gasteiger partial charge in [-0.1, -0.05) is 64.3 Å². The number of nitrogens with zero attached hydrogens (tertiary/aromatic N) is 2. The number of hydrogen-bond donors (Lipinski definition) is 0. The van der Waals surface area contributed by atoms with Gasteiger partial charge < -0.3 is 4.74 Å². The third-order valence-electron chi connectivity index (χ3n) is 4.95. The van der Waals surface area contributed by atoms with Crippen molar-refractivity contribution >= 4 is 73.7 Å². The van der Waals surface area contributed by atoms with Gasteiger partial charge in [0.25, 0.3) is 5.91 Å². The molecule has 0 aromatic heterocycles. The quantitative estimate of drug-likeness (QED) is 0.266. The first-order chi connectivity index (χ1) is 16.4. The number of amidine groups is 1. The number of carbonyl (C=O) groups is 1. The highest BCUT2D eigenvalue weighted by atomic mass is 79.9.